The van der Waals surface area contributed by atoms with E-state index in [9.17, 15) is 22.8 Å². The van der Waals surface area contributed by atoms with Gasteiger partial charge in [-0.2, -0.15) is 0 Å². The molecule has 5 nitrogen and oxygen atoms in total. The minimum absolute atomic E-state index is 0.332. The molecule has 0 saturated heterocycles. The molecule has 0 fully saturated rings. The van der Waals surface area contributed by atoms with E-state index >= 15 is 0 Å². The van der Waals surface area contributed by atoms with Gasteiger partial charge in [-0.3, -0.25) is 4.79 Å². The third kappa shape index (κ3) is 3.37. The van der Waals surface area contributed by atoms with E-state index in [1.807, 2.05) is 10.6 Å². The zero-order chi connectivity index (χ0) is 13.9. The number of rotatable bonds is 3. The number of halogens is 3. The van der Waals surface area contributed by atoms with Gasteiger partial charge in [-0.05, 0) is 6.92 Å². The molecule has 0 aromatic heterocycles. The normalized spacial score (nSPS) is 11.8. The summed E-state index contributed by atoms with van der Waals surface area (Å²) in [6, 6.07) is -1.01. The molecule has 0 aliphatic rings. The maximum atomic E-state index is 12.8. The zero-order valence-corrected chi connectivity index (χ0v) is 9.13. The van der Waals surface area contributed by atoms with Crippen LogP contribution in [0.15, 0.2) is 12.1 Å². The summed E-state index contributed by atoms with van der Waals surface area (Å²) in [5.74, 6) is -5.85. The molecule has 1 rings (SSSR count). The summed E-state index contributed by atoms with van der Waals surface area (Å²) in [5, 5.41) is 12.5. The highest BCUT2D eigenvalue weighted by atomic mass is 19.2. The molecule has 0 saturated carbocycles. The summed E-state index contributed by atoms with van der Waals surface area (Å²) in [4.78, 5) is 21.6. The molecule has 18 heavy (non-hydrogen) atoms. The van der Waals surface area contributed by atoms with Gasteiger partial charge in [0.25, 0.3) is 0 Å². The van der Waals surface area contributed by atoms with E-state index in [1.54, 1.807) is 0 Å². The first kappa shape index (κ1) is 13.8. The number of carbonyl (C=O) groups is 2. The molecule has 1 atom stereocenters. The Labute approximate surface area is 99.6 Å². The summed E-state index contributed by atoms with van der Waals surface area (Å²) in [6.45, 7) is 1.20. The molecule has 0 aliphatic carbocycles. The second-order valence-corrected chi connectivity index (χ2v) is 3.41. The fourth-order valence-corrected chi connectivity index (χ4v) is 1.05. The molecular formula is C10H9F3N2O3. The highest BCUT2D eigenvalue weighted by molar-refractivity contribution is 5.92. The van der Waals surface area contributed by atoms with Gasteiger partial charge in [-0.25, -0.2) is 18.0 Å². The van der Waals surface area contributed by atoms with Crippen molar-refractivity contribution in [3.63, 3.8) is 0 Å². The second-order valence-electron chi connectivity index (χ2n) is 3.41. The summed E-state index contributed by atoms with van der Waals surface area (Å²) in [7, 11) is 0. The molecule has 0 spiro atoms. The Morgan fingerprint density at radius 1 is 1.22 bits per heavy atom. The van der Waals surface area contributed by atoms with Gasteiger partial charge in [0.1, 0.15) is 6.04 Å². The van der Waals surface area contributed by atoms with E-state index < -0.39 is 35.5 Å². The lowest BCUT2D eigenvalue weighted by Crippen LogP contribution is -2.40. The monoisotopic (exact) mass is 262 g/mol. The molecule has 2 amide bonds. The number of hydrogen-bond acceptors (Lipinski definition) is 2. The number of nitrogens with one attached hydrogen (secondary N) is 2. The maximum Gasteiger partial charge on any atom is 0.325 e. The van der Waals surface area contributed by atoms with Gasteiger partial charge in [-0.15, -0.1) is 0 Å². The number of amides is 2. The quantitative estimate of drug-likeness (QED) is 0.725. The lowest BCUT2D eigenvalue weighted by Gasteiger charge is -2.11. The number of carbonyl (C=O) groups excluding carboxylic acids is 1. The van der Waals surface area contributed by atoms with Crippen LogP contribution in [-0.4, -0.2) is 23.1 Å². The predicted octanol–water partition coefficient (Wildman–Crippen LogP) is 1.70. The van der Waals surface area contributed by atoms with Crippen molar-refractivity contribution in [1.29, 1.82) is 0 Å². The van der Waals surface area contributed by atoms with Crippen molar-refractivity contribution in [2.75, 3.05) is 5.32 Å². The summed E-state index contributed by atoms with van der Waals surface area (Å²) in [6.07, 6.45) is 0. The molecule has 3 N–H and O–H groups in total. The van der Waals surface area contributed by atoms with Crippen LogP contribution >= 0.6 is 0 Å². The van der Waals surface area contributed by atoms with Crippen molar-refractivity contribution in [3.8, 4) is 0 Å². The molecule has 0 heterocycles. The topological polar surface area (TPSA) is 78.4 Å². The highest BCUT2D eigenvalue weighted by Crippen LogP contribution is 2.17. The second kappa shape index (κ2) is 5.39. The Bertz CT molecular complexity index is 470. The van der Waals surface area contributed by atoms with E-state index in [4.69, 9.17) is 5.11 Å². The highest BCUT2D eigenvalue weighted by Gasteiger charge is 2.15. The van der Waals surface area contributed by atoms with Crippen molar-refractivity contribution < 1.29 is 27.9 Å². The van der Waals surface area contributed by atoms with Gasteiger partial charge >= 0.3 is 12.0 Å². The Balaban J connectivity index is 2.74. The van der Waals surface area contributed by atoms with Crippen LogP contribution in [0, 0.1) is 17.5 Å². The minimum Gasteiger partial charge on any atom is -0.480 e. The van der Waals surface area contributed by atoms with Gasteiger partial charge in [0, 0.05) is 17.8 Å². The number of benzene rings is 1. The number of anilines is 1. The minimum atomic E-state index is -1.65. The Hall–Kier alpha value is -2.25. The number of carboxylic acids is 1. The number of urea groups is 1. The van der Waals surface area contributed by atoms with Crippen LogP contribution in [-0.2, 0) is 4.79 Å². The predicted molar refractivity (Wildman–Crippen MR) is 55.6 cm³/mol. The standard InChI is InChI=1S/C10H9F3N2O3/c1-4(9(16)17)14-10(18)15-5-2-6(11)8(13)7(12)3-5/h2-4H,1H3,(H,16,17)(H2,14,15,18)/t4-/m1/s1. The van der Waals surface area contributed by atoms with Crippen LogP contribution in [0.3, 0.4) is 0 Å². The van der Waals surface area contributed by atoms with E-state index in [-0.39, 0.29) is 5.69 Å². The molecule has 0 bridgehead atoms. The third-order valence-corrected chi connectivity index (χ3v) is 1.96. The Morgan fingerprint density at radius 2 is 1.72 bits per heavy atom. The van der Waals surface area contributed by atoms with Crippen LogP contribution in [0.5, 0.6) is 0 Å². The number of aliphatic carboxylic acids is 1. The summed E-state index contributed by atoms with van der Waals surface area (Å²) in [5.41, 5.74) is -0.332. The van der Waals surface area contributed by atoms with Gasteiger partial charge < -0.3 is 15.7 Å². The van der Waals surface area contributed by atoms with Crippen molar-refractivity contribution in [3.05, 3.63) is 29.6 Å². The molecule has 0 unspecified atom stereocenters. The molecule has 0 radical (unpaired) electrons. The van der Waals surface area contributed by atoms with Gasteiger partial charge in [0.05, 0.1) is 0 Å². The first-order valence-corrected chi connectivity index (χ1v) is 4.76. The molecule has 98 valence electrons. The van der Waals surface area contributed by atoms with E-state index in [0.717, 1.165) is 0 Å². The van der Waals surface area contributed by atoms with Crippen molar-refractivity contribution in [2.24, 2.45) is 0 Å². The smallest absolute Gasteiger partial charge is 0.325 e. The van der Waals surface area contributed by atoms with Crippen LogP contribution < -0.4 is 10.6 Å². The average Bonchev–Trinajstić information content (AvgIpc) is 2.25. The SMILES string of the molecule is C[C@@H](NC(=O)Nc1cc(F)c(F)c(F)c1)C(=O)O. The molecule has 0 aliphatic heterocycles. The fourth-order valence-electron chi connectivity index (χ4n) is 1.05. The van der Waals surface area contributed by atoms with Crippen LogP contribution in [0.25, 0.3) is 0 Å². The maximum absolute atomic E-state index is 12.8. The first-order chi connectivity index (χ1) is 8.31. The van der Waals surface area contributed by atoms with E-state index in [0.29, 0.717) is 12.1 Å². The average molecular weight is 262 g/mol. The Morgan fingerprint density at radius 3 is 2.17 bits per heavy atom. The zero-order valence-electron chi connectivity index (χ0n) is 9.13. The van der Waals surface area contributed by atoms with Crippen molar-refractivity contribution >= 4 is 17.7 Å². The van der Waals surface area contributed by atoms with Gasteiger partial charge in [-0.1, -0.05) is 0 Å². The molecule has 1 aromatic carbocycles. The Kier molecular flexibility index (Phi) is 4.13. The third-order valence-electron chi connectivity index (χ3n) is 1.96. The van der Waals surface area contributed by atoms with Gasteiger partial charge in [0.2, 0.25) is 0 Å². The van der Waals surface area contributed by atoms with E-state index in [2.05, 4.69) is 0 Å². The van der Waals surface area contributed by atoms with Crippen LogP contribution in [0.2, 0.25) is 0 Å². The number of hydrogen-bond donors (Lipinski definition) is 3. The van der Waals surface area contributed by atoms with Crippen LogP contribution in [0.1, 0.15) is 6.92 Å². The largest absolute Gasteiger partial charge is 0.480 e. The molecule has 1 aromatic rings. The van der Waals surface area contributed by atoms with E-state index in [1.165, 1.54) is 6.92 Å². The first-order valence-electron chi connectivity index (χ1n) is 4.76. The summed E-state index contributed by atoms with van der Waals surface area (Å²) < 4.78 is 38.2. The molecular weight excluding hydrogens is 253 g/mol. The lowest BCUT2D eigenvalue weighted by molar-refractivity contribution is -0.138. The van der Waals surface area contributed by atoms with Crippen LogP contribution in [0.4, 0.5) is 23.7 Å². The molecule has 8 heteroatoms. The lowest BCUT2D eigenvalue weighted by atomic mass is 10.3. The number of carboxylic acid groups (broad SMARTS) is 1. The van der Waals surface area contributed by atoms with Crippen molar-refractivity contribution in [1.82, 2.24) is 5.32 Å². The van der Waals surface area contributed by atoms with Gasteiger partial charge in [0.15, 0.2) is 17.5 Å². The van der Waals surface area contributed by atoms with Crippen molar-refractivity contribution in [2.45, 2.75) is 13.0 Å². The fraction of sp³-hybridized carbons (Fsp3) is 0.200. The summed E-state index contributed by atoms with van der Waals surface area (Å²) >= 11 is 0.